The lowest BCUT2D eigenvalue weighted by molar-refractivity contribution is 0.163. The predicted octanol–water partition coefficient (Wildman–Crippen LogP) is 3.50. The molecule has 2 rings (SSSR count). The van der Waals surface area contributed by atoms with Crippen LogP contribution in [0.5, 0.6) is 0 Å². The zero-order valence-corrected chi connectivity index (χ0v) is 12.6. The Morgan fingerprint density at radius 2 is 2.10 bits per heavy atom. The van der Waals surface area contributed by atoms with Crippen molar-refractivity contribution >= 4 is 11.6 Å². The number of hydrogen-bond acceptors (Lipinski definition) is 2. The van der Waals surface area contributed by atoms with E-state index < -0.39 is 11.9 Å². The molecule has 0 saturated heterocycles. The molecule has 3 nitrogen and oxygen atoms in total. The van der Waals surface area contributed by atoms with Crippen LogP contribution in [0.3, 0.4) is 0 Å². The maximum Gasteiger partial charge on any atom is 0.130 e. The largest absolute Gasteiger partial charge is 0.388 e. The first kappa shape index (κ1) is 15.0. The Hall–Kier alpha value is -1.39. The smallest absolute Gasteiger partial charge is 0.130 e. The second-order valence-corrected chi connectivity index (χ2v) is 5.43. The van der Waals surface area contributed by atoms with Gasteiger partial charge in [0, 0.05) is 23.3 Å². The third-order valence-electron chi connectivity index (χ3n) is 3.65. The first-order valence-electron chi connectivity index (χ1n) is 6.52. The molecule has 1 unspecified atom stereocenters. The normalized spacial score (nSPS) is 12.7. The first-order valence-corrected chi connectivity index (χ1v) is 6.90. The molecule has 0 amide bonds. The Morgan fingerprint density at radius 3 is 2.65 bits per heavy atom. The van der Waals surface area contributed by atoms with E-state index in [1.165, 1.54) is 12.1 Å². The molecule has 2 aromatic rings. The van der Waals surface area contributed by atoms with Gasteiger partial charge in [-0.1, -0.05) is 17.7 Å². The molecule has 20 heavy (non-hydrogen) atoms. The molecule has 0 spiro atoms. The average Bonchev–Trinajstić information content (AvgIpc) is 2.61. The van der Waals surface area contributed by atoms with Crippen molar-refractivity contribution in [1.29, 1.82) is 0 Å². The van der Waals surface area contributed by atoms with Gasteiger partial charge in [0.05, 0.1) is 11.8 Å². The van der Waals surface area contributed by atoms with Crippen molar-refractivity contribution in [3.63, 3.8) is 0 Å². The van der Waals surface area contributed by atoms with Crippen LogP contribution in [-0.4, -0.2) is 14.9 Å². The van der Waals surface area contributed by atoms with Crippen LogP contribution < -0.4 is 0 Å². The number of halogens is 2. The number of hydrogen-bond donors (Lipinski definition) is 1. The third-order valence-corrected chi connectivity index (χ3v) is 3.88. The van der Waals surface area contributed by atoms with E-state index in [0.717, 1.165) is 17.0 Å². The maximum atomic E-state index is 13.7. The quantitative estimate of drug-likeness (QED) is 0.938. The van der Waals surface area contributed by atoms with Gasteiger partial charge in [0.1, 0.15) is 5.82 Å². The van der Waals surface area contributed by atoms with E-state index in [4.69, 9.17) is 11.6 Å². The second-order valence-electron chi connectivity index (χ2n) is 4.99. The number of benzene rings is 1. The summed E-state index contributed by atoms with van der Waals surface area (Å²) in [6.07, 6.45) is 0.270. The van der Waals surface area contributed by atoms with Gasteiger partial charge in [0.25, 0.3) is 0 Å². The van der Waals surface area contributed by atoms with E-state index in [9.17, 15) is 9.50 Å². The zero-order chi connectivity index (χ0) is 14.9. The van der Waals surface area contributed by atoms with Crippen molar-refractivity contribution in [1.82, 2.24) is 9.78 Å². The van der Waals surface area contributed by atoms with E-state index >= 15 is 0 Å². The number of aliphatic hydroxyl groups excluding tert-OH is 1. The Morgan fingerprint density at radius 1 is 1.40 bits per heavy atom. The van der Waals surface area contributed by atoms with Gasteiger partial charge < -0.3 is 5.11 Å². The monoisotopic (exact) mass is 296 g/mol. The molecule has 0 aliphatic rings. The molecular weight excluding hydrogens is 279 g/mol. The highest BCUT2D eigenvalue weighted by Gasteiger charge is 2.16. The summed E-state index contributed by atoms with van der Waals surface area (Å²) in [5.41, 5.74) is 3.43. The summed E-state index contributed by atoms with van der Waals surface area (Å²) in [7, 11) is 1.89. The molecule has 0 fully saturated rings. The van der Waals surface area contributed by atoms with Gasteiger partial charge >= 0.3 is 0 Å². The Balaban J connectivity index is 2.10. The fourth-order valence-electron chi connectivity index (χ4n) is 2.39. The van der Waals surface area contributed by atoms with E-state index in [2.05, 4.69) is 5.10 Å². The van der Waals surface area contributed by atoms with Crippen LogP contribution in [0.4, 0.5) is 4.39 Å². The van der Waals surface area contributed by atoms with Crippen LogP contribution >= 0.6 is 11.6 Å². The van der Waals surface area contributed by atoms with E-state index in [1.54, 1.807) is 6.07 Å². The maximum absolute atomic E-state index is 13.7. The summed E-state index contributed by atoms with van der Waals surface area (Å²) in [6.45, 7) is 3.93. The molecule has 0 saturated carbocycles. The predicted molar refractivity (Wildman–Crippen MR) is 77.4 cm³/mol. The summed E-state index contributed by atoms with van der Waals surface area (Å²) in [5.74, 6) is -0.468. The molecule has 1 aromatic heterocycles. The van der Waals surface area contributed by atoms with E-state index in [0.29, 0.717) is 17.9 Å². The number of aromatic nitrogens is 2. The molecule has 1 heterocycles. The molecule has 1 N–H and O–H groups in total. The Bertz CT molecular complexity index is 625. The summed E-state index contributed by atoms with van der Waals surface area (Å²) in [4.78, 5) is 0. The molecule has 0 bridgehead atoms. The minimum atomic E-state index is -0.841. The number of rotatable bonds is 4. The van der Waals surface area contributed by atoms with Crippen molar-refractivity contribution in [2.45, 2.75) is 32.8 Å². The van der Waals surface area contributed by atoms with Crippen LogP contribution in [0.2, 0.25) is 5.02 Å². The standard InChI is InChI=1S/C15H18ClFN2O/c1-9-12(10(2)19(3)18-9)6-7-15(20)13-5-4-11(16)8-14(13)17/h4-5,8,15,20H,6-7H2,1-3H3. The molecular formula is C15H18ClFN2O. The zero-order valence-electron chi connectivity index (χ0n) is 11.8. The molecule has 5 heteroatoms. The van der Waals surface area contributed by atoms with Gasteiger partial charge in [-0.2, -0.15) is 5.10 Å². The number of aliphatic hydroxyl groups is 1. The van der Waals surface area contributed by atoms with E-state index in [-0.39, 0.29) is 5.56 Å². The fourth-order valence-corrected chi connectivity index (χ4v) is 2.55. The topological polar surface area (TPSA) is 38.0 Å². The average molecular weight is 297 g/mol. The molecule has 0 aliphatic heterocycles. The van der Waals surface area contributed by atoms with Gasteiger partial charge in [-0.15, -0.1) is 0 Å². The highest BCUT2D eigenvalue weighted by Crippen LogP contribution is 2.25. The van der Waals surface area contributed by atoms with Crippen LogP contribution in [0, 0.1) is 19.7 Å². The Labute approximate surface area is 123 Å². The molecule has 0 radical (unpaired) electrons. The minimum Gasteiger partial charge on any atom is -0.388 e. The van der Waals surface area contributed by atoms with Gasteiger partial charge in [0.15, 0.2) is 0 Å². The van der Waals surface area contributed by atoms with Crippen molar-refractivity contribution < 1.29 is 9.50 Å². The van der Waals surface area contributed by atoms with E-state index in [1.807, 2.05) is 25.6 Å². The fraction of sp³-hybridized carbons (Fsp3) is 0.400. The first-order chi connectivity index (χ1) is 9.40. The van der Waals surface area contributed by atoms with Crippen molar-refractivity contribution in [3.05, 3.63) is 51.6 Å². The van der Waals surface area contributed by atoms with Crippen molar-refractivity contribution in [2.75, 3.05) is 0 Å². The molecule has 1 atom stereocenters. The Kier molecular flexibility index (Phi) is 4.45. The van der Waals surface area contributed by atoms with Gasteiger partial charge in [0.2, 0.25) is 0 Å². The highest BCUT2D eigenvalue weighted by atomic mass is 35.5. The van der Waals surface area contributed by atoms with Crippen molar-refractivity contribution in [3.8, 4) is 0 Å². The summed E-state index contributed by atoms with van der Waals surface area (Å²) in [6, 6.07) is 4.34. The lowest BCUT2D eigenvalue weighted by atomic mass is 10.00. The third kappa shape index (κ3) is 3.02. The number of aryl methyl sites for hydroxylation is 2. The minimum absolute atomic E-state index is 0.286. The van der Waals surface area contributed by atoms with Gasteiger partial charge in [-0.05, 0) is 44.4 Å². The molecule has 0 aliphatic carbocycles. The lowest BCUT2D eigenvalue weighted by Crippen LogP contribution is -2.03. The summed E-state index contributed by atoms with van der Waals surface area (Å²) < 4.78 is 15.5. The SMILES string of the molecule is Cc1nn(C)c(C)c1CCC(O)c1ccc(Cl)cc1F. The number of nitrogens with zero attached hydrogens (tertiary/aromatic N) is 2. The van der Waals surface area contributed by atoms with Gasteiger partial charge in [-0.25, -0.2) is 4.39 Å². The summed E-state index contributed by atoms with van der Waals surface area (Å²) >= 11 is 5.71. The lowest BCUT2D eigenvalue weighted by Gasteiger charge is -2.12. The summed E-state index contributed by atoms with van der Waals surface area (Å²) in [5, 5.41) is 14.8. The molecule has 1 aromatic carbocycles. The van der Waals surface area contributed by atoms with Crippen LogP contribution in [-0.2, 0) is 13.5 Å². The van der Waals surface area contributed by atoms with Crippen molar-refractivity contribution in [2.24, 2.45) is 7.05 Å². The second kappa shape index (κ2) is 5.94. The van der Waals surface area contributed by atoms with Crippen LogP contribution in [0.25, 0.3) is 0 Å². The molecule has 108 valence electrons. The van der Waals surface area contributed by atoms with Crippen LogP contribution in [0.1, 0.15) is 35.0 Å². The van der Waals surface area contributed by atoms with Crippen LogP contribution in [0.15, 0.2) is 18.2 Å². The highest BCUT2D eigenvalue weighted by molar-refractivity contribution is 6.30. The van der Waals surface area contributed by atoms with Gasteiger partial charge in [-0.3, -0.25) is 4.68 Å².